The average Bonchev–Trinajstić information content (AvgIpc) is 3.01. The molecule has 0 saturated heterocycles. The molecule has 0 unspecified atom stereocenters. The van der Waals surface area contributed by atoms with Gasteiger partial charge in [0.2, 0.25) is 0 Å². The third kappa shape index (κ3) is 4.28. The molecule has 38 heavy (non-hydrogen) atoms. The third-order valence-electron chi connectivity index (χ3n) is 6.49. The number of rotatable bonds is 4. The van der Waals surface area contributed by atoms with Crippen molar-refractivity contribution in [3.63, 3.8) is 0 Å². The number of hydrogen-bond acceptors (Lipinski definition) is 3. The first kappa shape index (κ1) is 22.9. The largest absolute Gasteiger partial charge is 0.238 e. The zero-order valence-corrected chi connectivity index (χ0v) is 20.3. The lowest BCUT2D eigenvalue weighted by atomic mass is 9.93. The molecule has 1 aromatic heterocycles. The van der Waals surface area contributed by atoms with E-state index in [1.807, 2.05) is 66.7 Å². The van der Waals surface area contributed by atoms with Crippen molar-refractivity contribution in [1.82, 2.24) is 9.97 Å². The Bertz CT molecular complexity index is 1880. The predicted molar refractivity (Wildman–Crippen MR) is 152 cm³/mol. The molecule has 1 heterocycles. The maximum Gasteiger partial charge on any atom is 0.187 e. The summed E-state index contributed by atoms with van der Waals surface area (Å²) in [5, 5.41) is 10.4. The van der Waals surface area contributed by atoms with Crippen LogP contribution in [-0.2, 0) is 0 Å². The average molecular weight is 485 g/mol. The molecule has 6 rings (SSSR count). The third-order valence-corrected chi connectivity index (χ3v) is 6.49. The summed E-state index contributed by atoms with van der Waals surface area (Å²) in [5.74, 6) is 0.530. The second-order valence-corrected chi connectivity index (χ2v) is 8.90. The Kier molecular flexibility index (Phi) is 5.91. The maximum atomic E-state index is 9.48. The highest BCUT2D eigenvalue weighted by molar-refractivity contribution is 6.04. The van der Waals surface area contributed by atoms with Crippen LogP contribution in [0.25, 0.3) is 60.6 Å². The van der Waals surface area contributed by atoms with E-state index in [1.54, 1.807) is 18.2 Å². The molecular formula is C34H20N4. The summed E-state index contributed by atoms with van der Waals surface area (Å²) < 4.78 is 0. The Hall–Kier alpha value is -5.58. The fourth-order valence-electron chi connectivity index (χ4n) is 4.67. The summed E-state index contributed by atoms with van der Waals surface area (Å²) in [6.07, 6.45) is 0. The number of nitriles is 1. The fourth-order valence-corrected chi connectivity index (χ4v) is 4.67. The van der Waals surface area contributed by atoms with Crippen LogP contribution in [-0.4, -0.2) is 9.97 Å². The zero-order valence-electron chi connectivity index (χ0n) is 20.3. The summed E-state index contributed by atoms with van der Waals surface area (Å²) in [6, 6.07) is 41.8. The lowest BCUT2D eigenvalue weighted by molar-refractivity contribution is 1.23. The SMILES string of the molecule is [C-]#[N+]c1cccc(-c2nc(-c3cccc(C#N)c3)nc3c(-c4ccccc4)cc(-c4ccccc4)cc23)c1. The van der Waals surface area contributed by atoms with E-state index in [1.165, 1.54) is 0 Å². The Balaban J connectivity index is 1.74. The van der Waals surface area contributed by atoms with E-state index in [0.29, 0.717) is 17.1 Å². The lowest BCUT2D eigenvalue weighted by Gasteiger charge is -2.15. The highest BCUT2D eigenvalue weighted by Crippen LogP contribution is 2.39. The summed E-state index contributed by atoms with van der Waals surface area (Å²) in [7, 11) is 0. The van der Waals surface area contributed by atoms with Crippen molar-refractivity contribution >= 4 is 16.6 Å². The minimum atomic E-state index is 0.530. The Morgan fingerprint density at radius 2 is 1.29 bits per heavy atom. The van der Waals surface area contributed by atoms with Crippen molar-refractivity contribution in [3.8, 4) is 51.0 Å². The van der Waals surface area contributed by atoms with Gasteiger partial charge in [0.05, 0.1) is 29.4 Å². The van der Waals surface area contributed by atoms with E-state index in [-0.39, 0.29) is 0 Å². The molecule has 5 aromatic carbocycles. The normalized spacial score (nSPS) is 10.6. The molecule has 6 aromatic rings. The van der Waals surface area contributed by atoms with Gasteiger partial charge in [-0.2, -0.15) is 5.26 Å². The van der Waals surface area contributed by atoms with Gasteiger partial charge in [0, 0.05) is 16.5 Å². The molecule has 0 N–H and O–H groups in total. The van der Waals surface area contributed by atoms with Gasteiger partial charge in [0.25, 0.3) is 0 Å². The molecule has 0 radical (unpaired) electrons. The number of benzene rings is 5. The van der Waals surface area contributed by atoms with Crippen LogP contribution in [0.15, 0.2) is 121 Å². The quantitative estimate of drug-likeness (QED) is 0.235. The van der Waals surface area contributed by atoms with E-state index >= 15 is 0 Å². The first-order valence-electron chi connectivity index (χ1n) is 12.2. The van der Waals surface area contributed by atoms with E-state index in [9.17, 15) is 5.26 Å². The van der Waals surface area contributed by atoms with E-state index in [0.717, 1.165) is 50.0 Å². The van der Waals surface area contributed by atoms with Gasteiger partial charge in [-0.15, -0.1) is 0 Å². The molecule has 0 amide bonds. The first-order valence-corrected chi connectivity index (χ1v) is 12.2. The minimum Gasteiger partial charge on any atom is -0.238 e. The van der Waals surface area contributed by atoms with Gasteiger partial charge in [-0.3, -0.25) is 0 Å². The van der Waals surface area contributed by atoms with Crippen LogP contribution in [0.2, 0.25) is 0 Å². The molecule has 0 fully saturated rings. The number of nitrogens with zero attached hydrogens (tertiary/aromatic N) is 4. The Labute approximate surface area is 221 Å². The predicted octanol–water partition coefficient (Wildman–Crippen LogP) is 8.72. The summed E-state index contributed by atoms with van der Waals surface area (Å²) in [5.41, 5.74) is 8.44. The highest BCUT2D eigenvalue weighted by Gasteiger charge is 2.17. The molecule has 4 nitrogen and oxygen atoms in total. The summed E-state index contributed by atoms with van der Waals surface area (Å²) in [6.45, 7) is 7.54. The van der Waals surface area contributed by atoms with Crippen molar-refractivity contribution in [2.45, 2.75) is 0 Å². The van der Waals surface area contributed by atoms with Gasteiger partial charge in [-0.1, -0.05) is 91.0 Å². The Morgan fingerprint density at radius 1 is 0.605 bits per heavy atom. The number of aromatic nitrogens is 2. The lowest BCUT2D eigenvalue weighted by Crippen LogP contribution is -1.98. The van der Waals surface area contributed by atoms with Crippen LogP contribution >= 0.6 is 0 Å². The number of fused-ring (bicyclic) bond motifs is 1. The molecule has 0 aliphatic rings. The van der Waals surface area contributed by atoms with Crippen molar-refractivity contribution in [1.29, 1.82) is 5.26 Å². The van der Waals surface area contributed by atoms with Crippen LogP contribution in [0.1, 0.15) is 5.56 Å². The molecule has 4 heteroatoms. The minimum absolute atomic E-state index is 0.530. The van der Waals surface area contributed by atoms with Gasteiger partial charge in [-0.25, -0.2) is 14.8 Å². The molecule has 0 aliphatic heterocycles. The summed E-state index contributed by atoms with van der Waals surface area (Å²) >= 11 is 0. The van der Waals surface area contributed by atoms with Crippen molar-refractivity contribution in [2.75, 3.05) is 0 Å². The second-order valence-electron chi connectivity index (χ2n) is 8.90. The van der Waals surface area contributed by atoms with Gasteiger partial charge >= 0.3 is 0 Å². The van der Waals surface area contributed by atoms with Crippen LogP contribution in [0.5, 0.6) is 0 Å². The van der Waals surface area contributed by atoms with E-state index in [2.05, 4.69) is 47.3 Å². The molecule has 0 saturated carbocycles. The molecule has 176 valence electrons. The summed E-state index contributed by atoms with van der Waals surface area (Å²) in [4.78, 5) is 13.8. The molecule has 0 bridgehead atoms. The molecule has 0 spiro atoms. The van der Waals surface area contributed by atoms with Crippen LogP contribution < -0.4 is 0 Å². The van der Waals surface area contributed by atoms with Crippen LogP contribution in [0.3, 0.4) is 0 Å². The van der Waals surface area contributed by atoms with Crippen LogP contribution in [0.4, 0.5) is 5.69 Å². The molecule has 0 atom stereocenters. The standard InChI is InChI=1S/C34H20N4/c1-36-29-17-9-15-26(19-29)32-31-21-28(24-11-4-2-5-12-24)20-30(25-13-6-3-7-14-25)33(31)38-34(37-32)27-16-8-10-23(18-27)22-35/h2-21H. The van der Waals surface area contributed by atoms with E-state index < -0.39 is 0 Å². The topological polar surface area (TPSA) is 53.9 Å². The fraction of sp³-hybridized carbons (Fsp3) is 0. The smallest absolute Gasteiger partial charge is 0.187 e. The highest BCUT2D eigenvalue weighted by atomic mass is 14.9. The van der Waals surface area contributed by atoms with Gasteiger partial charge in [-0.05, 0) is 52.6 Å². The van der Waals surface area contributed by atoms with Gasteiger partial charge in [0.15, 0.2) is 11.5 Å². The molecule has 0 aliphatic carbocycles. The van der Waals surface area contributed by atoms with Crippen LogP contribution in [0, 0.1) is 17.9 Å². The monoisotopic (exact) mass is 484 g/mol. The van der Waals surface area contributed by atoms with Crippen molar-refractivity contribution in [2.24, 2.45) is 0 Å². The van der Waals surface area contributed by atoms with Crippen molar-refractivity contribution in [3.05, 3.63) is 138 Å². The first-order chi connectivity index (χ1) is 18.7. The van der Waals surface area contributed by atoms with Crippen molar-refractivity contribution < 1.29 is 0 Å². The second kappa shape index (κ2) is 9.82. The number of hydrogen-bond donors (Lipinski definition) is 0. The van der Waals surface area contributed by atoms with Gasteiger partial charge < -0.3 is 0 Å². The van der Waals surface area contributed by atoms with E-state index in [4.69, 9.17) is 16.5 Å². The Morgan fingerprint density at radius 3 is 2.03 bits per heavy atom. The molecular weight excluding hydrogens is 464 g/mol. The van der Waals surface area contributed by atoms with Gasteiger partial charge in [0.1, 0.15) is 0 Å². The maximum absolute atomic E-state index is 9.48. The zero-order chi connectivity index (χ0) is 25.9.